The van der Waals surface area contributed by atoms with Gasteiger partial charge in [0, 0.05) is 9.77 Å². The number of aromatic nitrogens is 2. The number of rotatable bonds is 3. The van der Waals surface area contributed by atoms with Crippen LogP contribution in [-0.4, -0.2) is 9.97 Å². The molecule has 0 saturated heterocycles. The number of nitrogen functional groups attached to an aromatic ring is 1. The lowest BCUT2D eigenvalue weighted by molar-refractivity contribution is 0.627. The van der Waals surface area contributed by atoms with Gasteiger partial charge in [-0.2, -0.15) is 4.98 Å². The van der Waals surface area contributed by atoms with Crippen molar-refractivity contribution < 1.29 is 4.39 Å². The zero-order valence-electron chi connectivity index (χ0n) is 8.92. The summed E-state index contributed by atoms with van der Waals surface area (Å²) in [5, 5.41) is 3.07. The van der Waals surface area contributed by atoms with Crippen molar-refractivity contribution in [3.8, 4) is 0 Å². The number of hydrogen-bond acceptors (Lipinski definition) is 5. The summed E-state index contributed by atoms with van der Waals surface area (Å²) in [6.45, 7) is 0. The zero-order chi connectivity index (χ0) is 13.1. The molecule has 0 atom stereocenters. The number of hydrogen-bond donors (Lipinski definition) is 3. The van der Waals surface area contributed by atoms with Crippen LogP contribution in [0.3, 0.4) is 0 Å². The topological polar surface area (TPSA) is 75.9 Å². The van der Waals surface area contributed by atoms with Crippen LogP contribution in [0.1, 0.15) is 0 Å². The van der Waals surface area contributed by atoms with Gasteiger partial charge in [-0.05, 0) is 56.7 Å². The van der Waals surface area contributed by atoms with Crippen LogP contribution in [0.4, 0.5) is 21.8 Å². The molecule has 1 aromatic heterocycles. The van der Waals surface area contributed by atoms with Gasteiger partial charge in [0.25, 0.3) is 0 Å². The van der Waals surface area contributed by atoms with Gasteiger partial charge in [0.2, 0.25) is 5.95 Å². The van der Waals surface area contributed by atoms with E-state index in [0.717, 1.165) is 9.26 Å². The lowest BCUT2D eigenvalue weighted by Crippen LogP contribution is -2.11. The standard InChI is InChI=1S/C10H8BrFIN5/c11-6-4-15-10(18-14)17-9(6)16-8-2-1-5(12)3-7(8)13/h1-4H,14H2,(H2,15,16,17,18). The van der Waals surface area contributed by atoms with Gasteiger partial charge >= 0.3 is 0 Å². The first-order chi connectivity index (χ1) is 8.60. The van der Waals surface area contributed by atoms with Gasteiger partial charge in [-0.1, -0.05) is 0 Å². The molecular formula is C10H8BrFIN5. The number of anilines is 3. The summed E-state index contributed by atoms with van der Waals surface area (Å²) in [7, 11) is 0. The molecule has 18 heavy (non-hydrogen) atoms. The van der Waals surface area contributed by atoms with Gasteiger partial charge in [-0.25, -0.2) is 15.2 Å². The monoisotopic (exact) mass is 423 g/mol. The van der Waals surface area contributed by atoms with Crippen LogP contribution in [0.2, 0.25) is 0 Å². The fourth-order valence-electron chi connectivity index (χ4n) is 1.24. The molecule has 2 rings (SSSR count). The first kappa shape index (κ1) is 13.4. The minimum absolute atomic E-state index is 0.281. The van der Waals surface area contributed by atoms with E-state index in [2.05, 4.69) is 36.6 Å². The molecule has 0 saturated carbocycles. The molecule has 2 aromatic rings. The maximum atomic E-state index is 13.0. The third-order valence-corrected chi connectivity index (χ3v) is 3.53. The van der Waals surface area contributed by atoms with Crippen LogP contribution in [0.5, 0.6) is 0 Å². The lowest BCUT2D eigenvalue weighted by Gasteiger charge is -2.10. The molecular weight excluding hydrogens is 416 g/mol. The molecule has 1 heterocycles. The van der Waals surface area contributed by atoms with Crippen molar-refractivity contribution in [3.05, 3.63) is 38.3 Å². The molecule has 0 fully saturated rings. The van der Waals surface area contributed by atoms with Gasteiger partial charge in [0.15, 0.2) is 0 Å². The van der Waals surface area contributed by atoms with E-state index in [0.29, 0.717) is 10.3 Å². The van der Waals surface area contributed by atoms with E-state index in [4.69, 9.17) is 5.84 Å². The number of benzene rings is 1. The number of nitrogens with zero attached hydrogens (tertiary/aromatic N) is 2. The summed E-state index contributed by atoms with van der Waals surface area (Å²) in [6.07, 6.45) is 1.57. The SMILES string of the molecule is NNc1ncc(Br)c(Nc2ccc(F)cc2I)n1. The van der Waals surface area contributed by atoms with Crippen LogP contribution >= 0.6 is 38.5 Å². The first-order valence-electron chi connectivity index (χ1n) is 4.81. The van der Waals surface area contributed by atoms with Crippen molar-refractivity contribution in [2.24, 2.45) is 5.84 Å². The minimum Gasteiger partial charge on any atom is -0.338 e. The molecule has 0 radical (unpaired) electrons. The van der Waals surface area contributed by atoms with E-state index >= 15 is 0 Å². The molecule has 0 bridgehead atoms. The van der Waals surface area contributed by atoms with Crippen LogP contribution in [0.25, 0.3) is 0 Å². The first-order valence-corrected chi connectivity index (χ1v) is 6.68. The molecule has 0 spiro atoms. The number of nitrogens with one attached hydrogen (secondary N) is 2. The van der Waals surface area contributed by atoms with Gasteiger partial charge in [0.05, 0.1) is 10.2 Å². The minimum atomic E-state index is -0.281. The third-order valence-electron chi connectivity index (χ3n) is 2.06. The fourth-order valence-corrected chi connectivity index (χ4v) is 2.15. The highest BCUT2D eigenvalue weighted by Gasteiger charge is 2.07. The summed E-state index contributed by atoms with van der Waals surface area (Å²) in [6, 6.07) is 4.45. The van der Waals surface area contributed by atoms with Crippen molar-refractivity contribution in [2.75, 3.05) is 10.7 Å². The highest BCUT2D eigenvalue weighted by Crippen LogP contribution is 2.27. The Bertz CT molecular complexity index is 580. The number of halogens is 3. The summed E-state index contributed by atoms with van der Waals surface area (Å²) in [5.74, 6) is 5.79. The second-order valence-corrected chi connectivity index (χ2v) is 5.30. The molecule has 4 N–H and O–H groups in total. The summed E-state index contributed by atoms with van der Waals surface area (Å²) in [4.78, 5) is 8.09. The van der Waals surface area contributed by atoms with Gasteiger partial charge < -0.3 is 5.32 Å². The summed E-state index contributed by atoms with van der Waals surface area (Å²) in [5.41, 5.74) is 3.11. The maximum absolute atomic E-state index is 13.0. The third kappa shape index (κ3) is 3.06. The molecule has 1 aromatic carbocycles. The highest BCUT2D eigenvalue weighted by atomic mass is 127. The second-order valence-electron chi connectivity index (χ2n) is 3.28. The molecule has 0 aliphatic heterocycles. The zero-order valence-corrected chi connectivity index (χ0v) is 12.7. The largest absolute Gasteiger partial charge is 0.338 e. The van der Waals surface area contributed by atoms with Crippen LogP contribution in [0, 0.1) is 9.39 Å². The molecule has 8 heteroatoms. The molecule has 5 nitrogen and oxygen atoms in total. The van der Waals surface area contributed by atoms with Gasteiger partial charge in [-0.15, -0.1) is 0 Å². The van der Waals surface area contributed by atoms with E-state index in [1.165, 1.54) is 12.1 Å². The van der Waals surface area contributed by atoms with Gasteiger partial charge in [-0.3, -0.25) is 5.43 Å². The normalized spacial score (nSPS) is 10.2. The van der Waals surface area contributed by atoms with E-state index < -0.39 is 0 Å². The average molecular weight is 424 g/mol. The Morgan fingerprint density at radius 2 is 2.17 bits per heavy atom. The number of hydrazine groups is 1. The predicted octanol–water partition coefficient (Wildman–Crippen LogP) is 3.01. The Morgan fingerprint density at radius 3 is 2.83 bits per heavy atom. The Labute approximate surface area is 125 Å². The fraction of sp³-hybridized carbons (Fsp3) is 0. The van der Waals surface area contributed by atoms with E-state index in [-0.39, 0.29) is 11.8 Å². The van der Waals surface area contributed by atoms with Crippen molar-refractivity contribution >= 4 is 56.0 Å². The smallest absolute Gasteiger partial charge is 0.239 e. The lowest BCUT2D eigenvalue weighted by atomic mass is 10.3. The average Bonchev–Trinajstić information content (AvgIpc) is 2.35. The quantitative estimate of drug-likeness (QED) is 0.402. The van der Waals surface area contributed by atoms with Crippen LogP contribution < -0.4 is 16.6 Å². The Hall–Kier alpha value is -1.00. The van der Waals surface area contributed by atoms with Crippen molar-refractivity contribution in [3.63, 3.8) is 0 Å². The molecule has 0 unspecified atom stereocenters. The Morgan fingerprint density at radius 1 is 1.39 bits per heavy atom. The summed E-state index contributed by atoms with van der Waals surface area (Å²) < 4.78 is 14.4. The Kier molecular flexibility index (Phi) is 4.30. The number of nitrogens with two attached hydrogens (primary N) is 1. The van der Waals surface area contributed by atoms with Crippen molar-refractivity contribution in [2.45, 2.75) is 0 Å². The van der Waals surface area contributed by atoms with Crippen LogP contribution in [0.15, 0.2) is 28.9 Å². The second kappa shape index (κ2) is 5.76. The Balaban J connectivity index is 2.33. The maximum Gasteiger partial charge on any atom is 0.239 e. The van der Waals surface area contributed by atoms with E-state index in [1.54, 1.807) is 12.3 Å². The molecule has 94 valence electrons. The molecule has 0 amide bonds. The van der Waals surface area contributed by atoms with Gasteiger partial charge in [0.1, 0.15) is 11.6 Å². The van der Waals surface area contributed by atoms with Crippen molar-refractivity contribution in [1.82, 2.24) is 9.97 Å². The summed E-state index contributed by atoms with van der Waals surface area (Å²) >= 11 is 5.36. The van der Waals surface area contributed by atoms with E-state index in [1.807, 2.05) is 22.6 Å². The highest BCUT2D eigenvalue weighted by molar-refractivity contribution is 14.1. The van der Waals surface area contributed by atoms with Crippen molar-refractivity contribution in [1.29, 1.82) is 0 Å². The predicted molar refractivity (Wildman–Crippen MR) is 79.9 cm³/mol. The molecule has 0 aliphatic rings. The van der Waals surface area contributed by atoms with E-state index in [9.17, 15) is 4.39 Å². The molecule has 0 aliphatic carbocycles. The van der Waals surface area contributed by atoms with Crippen LogP contribution in [-0.2, 0) is 0 Å².